The molecule has 5 heteroatoms. The van der Waals surface area contributed by atoms with Crippen molar-refractivity contribution >= 4 is 5.91 Å². The van der Waals surface area contributed by atoms with Crippen LogP contribution in [0.4, 0.5) is 0 Å². The zero-order valence-electron chi connectivity index (χ0n) is 12.7. The van der Waals surface area contributed by atoms with Crippen molar-refractivity contribution in [3.8, 4) is 6.07 Å². The van der Waals surface area contributed by atoms with Gasteiger partial charge in [-0.1, -0.05) is 12.1 Å². The van der Waals surface area contributed by atoms with Crippen LogP contribution in [0.3, 0.4) is 0 Å². The molecular weight excluding hydrogens is 266 g/mol. The zero-order chi connectivity index (χ0) is 15.6. The van der Waals surface area contributed by atoms with Crippen LogP contribution in [0.5, 0.6) is 0 Å². The van der Waals surface area contributed by atoms with Crippen molar-refractivity contribution in [3.63, 3.8) is 0 Å². The minimum Gasteiger partial charge on any atom is -0.387 e. The molecule has 5 nitrogen and oxygen atoms in total. The number of carbonyl (C=O) groups is 1. The van der Waals surface area contributed by atoms with Gasteiger partial charge >= 0.3 is 0 Å². The molecule has 112 valence electrons. The van der Waals surface area contributed by atoms with E-state index in [0.717, 1.165) is 12.1 Å². The Morgan fingerprint density at radius 3 is 2.52 bits per heavy atom. The van der Waals surface area contributed by atoms with Gasteiger partial charge in [0, 0.05) is 26.7 Å². The van der Waals surface area contributed by atoms with Gasteiger partial charge in [0.25, 0.3) is 0 Å². The molecule has 0 aliphatic carbocycles. The summed E-state index contributed by atoms with van der Waals surface area (Å²) in [7, 11) is 1.80. The van der Waals surface area contributed by atoms with Crippen molar-refractivity contribution in [2.45, 2.75) is 25.5 Å². The van der Waals surface area contributed by atoms with Crippen molar-refractivity contribution in [2.75, 3.05) is 26.7 Å². The summed E-state index contributed by atoms with van der Waals surface area (Å²) in [5.41, 5.74) is 0.720. The average molecular weight is 287 g/mol. The van der Waals surface area contributed by atoms with Gasteiger partial charge in [-0.2, -0.15) is 5.26 Å². The molecule has 0 spiro atoms. The fourth-order valence-corrected chi connectivity index (χ4v) is 2.67. The number of carbonyl (C=O) groups excluding carboxylic acids is 1. The minimum absolute atomic E-state index is 0.0702. The zero-order valence-corrected chi connectivity index (χ0v) is 12.7. The number of aliphatic hydroxyl groups is 1. The first kappa shape index (κ1) is 15.5. The number of aliphatic hydroxyl groups excluding tert-OH is 1. The Morgan fingerprint density at radius 1 is 1.33 bits per heavy atom. The van der Waals surface area contributed by atoms with Gasteiger partial charge in [-0.15, -0.1) is 0 Å². The molecular formula is C16H21N3O2. The number of piperazine rings is 1. The lowest BCUT2D eigenvalue weighted by atomic mass is 9.96. The molecule has 1 amide bonds. The lowest BCUT2D eigenvalue weighted by molar-refractivity contribution is -0.148. The summed E-state index contributed by atoms with van der Waals surface area (Å²) in [5.74, 6) is 0.0702. The van der Waals surface area contributed by atoms with Gasteiger partial charge in [-0.3, -0.25) is 9.69 Å². The van der Waals surface area contributed by atoms with Gasteiger partial charge in [0.15, 0.2) is 0 Å². The van der Waals surface area contributed by atoms with Crippen LogP contribution in [-0.2, 0) is 4.79 Å². The van der Waals surface area contributed by atoms with E-state index in [1.165, 1.54) is 0 Å². The van der Waals surface area contributed by atoms with Gasteiger partial charge in [0.2, 0.25) is 5.91 Å². The van der Waals surface area contributed by atoms with Gasteiger partial charge in [-0.05, 0) is 31.5 Å². The van der Waals surface area contributed by atoms with Crippen molar-refractivity contribution in [1.29, 1.82) is 5.26 Å². The molecule has 1 aliphatic heterocycles. The van der Waals surface area contributed by atoms with Crippen molar-refractivity contribution in [1.82, 2.24) is 9.80 Å². The quantitative estimate of drug-likeness (QED) is 0.905. The second-order valence-electron chi connectivity index (χ2n) is 5.98. The van der Waals surface area contributed by atoms with E-state index in [2.05, 4.69) is 6.07 Å². The molecule has 1 saturated heterocycles. The highest BCUT2D eigenvalue weighted by Crippen LogP contribution is 2.25. The van der Waals surface area contributed by atoms with Crippen molar-refractivity contribution in [2.24, 2.45) is 0 Å². The van der Waals surface area contributed by atoms with E-state index in [1.807, 2.05) is 18.7 Å². The fourth-order valence-electron chi connectivity index (χ4n) is 2.67. The summed E-state index contributed by atoms with van der Waals surface area (Å²) in [6, 6.07) is 8.96. The van der Waals surface area contributed by atoms with Crippen LogP contribution in [0.1, 0.15) is 31.1 Å². The van der Waals surface area contributed by atoms with Gasteiger partial charge < -0.3 is 10.0 Å². The summed E-state index contributed by atoms with van der Waals surface area (Å²) < 4.78 is 0. The van der Waals surface area contributed by atoms with Crippen molar-refractivity contribution < 1.29 is 9.90 Å². The Labute approximate surface area is 125 Å². The molecule has 1 aromatic carbocycles. The molecule has 1 N–H and O–H groups in total. The molecule has 1 fully saturated rings. The van der Waals surface area contributed by atoms with Gasteiger partial charge in [0.05, 0.1) is 23.3 Å². The summed E-state index contributed by atoms with van der Waals surface area (Å²) in [5, 5.41) is 19.2. The number of rotatable bonds is 3. The summed E-state index contributed by atoms with van der Waals surface area (Å²) in [6.45, 7) is 5.58. The minimum atomic E-state index is -0.673. The predicted molar refractivity (Wildman–Crippen MR) is 79.4 cm³/mol. The second kappa shape index (κ2) is 5.84. The highest BCUT2D eigenvalue weighted by atomic mass is 16.3. The van der Waals surface area contributed by atoms with Crippen molar-refractivity contribution in [3.05, 3.63) is 35.4 Å². The Balaban J connectivity index is 2.09. The van der Waals surface area contributed by atoms with Crippen LogP contribution in [-0.4, -0.2) is 53.0 Å². The lowest BCUT2D eigenvalue weighted by Crippen LogP contribution is -2.62. The smallest absolute Gasteiger partial charge is 0.242 e. The van der Waals surface area contributed by atoms with E-state index in [9.17, 15) is 9.90 Å². The second-order valence-corrected chi connectivity index (χ2v) is 5.98. The first-order chi connectivity index (χ1) is 9.86. The molecule has 0 radical (unpaired) electrons. The Morgan fingerprint density at radius 2 is 1.95 bits per heavy atom. The molecule has 2 rings (SSSR count). The van der Waals surface area contributed by atoms with Crippen LogP contribution in [0.2, 0.25) is 0 Å². The van der Waals surface area contributed by atoms with Gasteiger partial charge in [-0.25, -0.2) is 0 Å². The number of benzene rings is 1. The maximum Gasteiger partial charge on any atom is 0.242 e. The largest absolute Gasteiger partial charge is 0.387 e. The van der Waals surface area contributed by atoms with E-state index in [1.54, 1.807) is 36.2 Å². The highest BCUT2D eigenvalue weighted by Gasteiger charge is 2.40. The van der Waals surface area contributed by atoms with E-state index in [-0.39, 0.29) is 5.91 Å². The number of nitriles is 1. The summed E-state index contributed by atoms with van der Waals surface area (Å²) >= 11 is 0. The third kappa shape index (κ3) is 3.07. The molecule has 1 aromatic rings. The SMILES string of the molecule is CN1CCN(CC(O)c2ccc(C#N)cc2)C(C)(C)C1=O. The number of hydrogen-bond acceptors (Lipinski definition) is 4. The average Bonchev–Trinajstić information content (AvgIpc) is 2.48. The molecule has 0 saturated carbocycles. The van der Waals surface area contributed by atoms with E-state index in [0.29, 0.717) is 18.7 Å². The van der Waals surface area contributed by atoms with Gasteiger partial charge in [0.1, 0.15) is 0 Å². The Hall–Kier alpha value is -1.90. The molecule has 1 unspecified atom stereocenters. The molecule has 21 heavy (non-hydrogen) atoms. The number of amides is 1. The molecule has 0 bridgehead atoms. The molecule has 1 heterocycles. The Kier molecular flexibility index (Phi) is 4.31. The Bertz CT molecular complexity index is 560. The standard InChI is InChI=1S/C16H21N3O2/c1-16(2)15(21)18(3)8-9-19(16)11-14(20)13-6-4-12(10-17)5-7-13/h4-7,14,20H,8-9,11H2,1-3H3. The molecule has 1 atom stereocenters. The topological polar surface area (TPSA) is 67.6 Å². The third-order valence-corrected chi connectivity index (χ3v) is 4.18. The number of likely N-dealkylation sites (N-methyl/N-ethyl adjacent to an activating group) is 1. The molecule has 0 aromatic heterocycles. The number of nitrogens with zero attached hydrogens (tertiary/aromatic N) is 3. The van der Waals surface area contributed by atoms with Crippen LogP contribution in [0.25, 0.3) is 0 Å². The number of hydrogen-bond donors (Lipinski definition) is 1. The van der Waals surface area contributed by atoms with Crippen LogP contribution >= 0.6 is 0 Å². The lowest BCUT2D eigenvalue weighted by Gasteiger charge is -2.45. The maximum atomic E-state index is 12.2. The van der Waals surface area contributed by atoms with Crippen LogP contribution in [0.15, 0.2) is 24.3 Å². The van der Waals surface area contributed by atoms with E-state index >= 15 is 0 Å². The first-order valence-electron chi connectivity index (χ1n) is 7.05. The predicted octanol–water partition coefficient (Wildman–Crippen LogP) is 1.14. The molecule has 1 aliphatic rings. The maximum absolute atomic E-state index is 12.2. The number of β-amino-alcohol motifs (C(OH)–C–C–N with tert-alkyl or cyclic N) is 1. The normalized spacial score (nSPS) is 20.1. The summed E-state index contributed by atoms with van der Waals surface area (Å²) in [6.07, 6.45) is -0.673. The summed E-state index contributed by atoms with van der Waals surface area (Å²) in [4.78, 5) is 16.0. The third-order valence-electron chi connectivity index (χ3n) is 4.18. The van der Waals surface area contributed by atoms with E-state index in [4.69, 9.17) is 5.26 Å². The highest BCUT2D eigenvalue weighted by molar-refractivity contribution is 5.86. The van der Waals surface area contributed by atoms with E-state index < -0.39 is 11.6 Å². The monoisotopic (exact) mass is 287 g/mol. The fraction of sp³-hybridized carbons (Fsp3) is 0.500. The first-order valence-corrected chi connectivity index (χ1v) is 7.05. The van der Waals surface area contributed by atoms with Crippen LogP contribution in [0, 0.1) is 11.3 Å². The van der Waals surface area contributed by atoms with Crippen LogP contribution < -0.4 is 0 Å².